The summed E-state index contributed by atoms with van der Waals surface area (Å²) in [5.74, 6) is -0.107. The molecule has 1 amide bonds. The van der Waals surface area contributed by atoms with Crippen LogP contribution in [0.25, 0.3) is 0 Å². The molecule has 6 heteroatoms. The summed E-state index contributed by atoms with van der Waals surface area (Å²) in [7, 11) is 0. The quantitative estimate of drug-likeness (QED) is 0.555. The number of non-ortho nitro benzene ring substituents is 1. The maximum absolute atomic E-state index is 13.2. The summed E-state index contributed by atoms with van der Waals surface area (Å²) in [5, 5.41) is 14.5. The molecular weight excluding hydrogens is 342 g/mol. The molecule has 0 aliphatic carbocycles. The Labute approximate surface area is 156 Å². The van der Waals surface area contributed by atoms with E-state index < -0.39 is 11.1 Å². The molecule has 1 atom stereocenters. The van der Waals surface area contributed by atoms with Gasteiger partial charge in [-0.05, 0) is 17.7 Å². The molecule has 134 valence electrons. The van der Waals surface area contributed by atoms with Crippen molar-refractivity contribution in [1.29, 1.82) is 0 Å². The van der Waals surface area contributed by atoms with E-state index in [-0.39, 0.29) is 11.6 Å². The van der Waals surface area contributed by atoms with Crippen LogP contribution in [0.3, 0.4) is 0 Å². The lowest BCUT2D eigenvalue weighted by atomic mass is 10.0. The van der Waals surface area contributed by atoms with Crippen molar-refractivity contribution >= 4 is 17.3 Å². The van der Waals surface area contributed by atoms with Crippen molar-refractivity contribution in [2.24, 2.45) is 0 Å². The lowest BCUT2D eigenvalue weighted by Gasteiger charge is -2.38. The first kappa shape index (κ1) is 16.8. The Morgan fingerprint density at radius 1 is 0.963 bits per heavy atom. The lowest BCUT2D eigenvalue weighted by Crippen LogP contribution is -2.42. The number of amides is 1. The highest BCUT2D eigenvalue weighted by atomic mass is 16.6. The molecule has 1 aliphatic heterocycles. The second kappa shape index (κ2) is 6.92. The van der Waals surface area contributed by atoms with E-state index in [4.69, 9.17) is 0 Å². The highest BCUT2D eigenvalue weighted by Crippen LogP contribution is 2.35. The third-order valence-electron chi connectivity index (χ3n) is 4.61. The van der Waals surface area contributed by atoms with E-state index in [1.165, 1.54) is 12.1 Å². The fourth-order valence-electron chi connectivity index (χ4n) is 3.31. The average Bonchev–Trinajstić information content (AvgIpc) is 2.71. The molecule has 0 saturated carbocycles. The molecule has 6 nitrogen and oxygen atoms in total. The van der Waals surface area contributed by atoms with E-state index in [1.807, 2.05) is 48.5 Å². The molecule has 0 fully saturated rings. The highest BCUT2D eigenvalue weighted by Gasteiger charge is 2.33. The number of anilines is 1. The van der Waals surface area contributed by atoms with E-state index in [0.717, 1.165) is 11.3 Å². The minimum atomic E-state index is -0.493. The van der Waals surface area contributed by atoms with Crippen LogP contribution in [0.2, 0.25) is 0 Å². The number of nitro groups is 1. The SMILES string of the molecule is O=C1c2ccccc2N[C@@H](c2cccc([N+](=O)[O-])c2)N1Cc1ccccc1. The number of carbonyl (C=O) groups excluding carboxylic acids is 1. The summed E-state index contributed by atoms with van der Waals surface area (Å²) in [6.45, 7) is 0.397. The Morgan fingerprint density at radius 3 is 2.48 bits per heavy atom. The van der Waals surface area contributed by atoms with Crippen LogP contribution < -0.4 is 5.32 Å². The first-order valence-electron chi connectivity index (χ1n) is 8.58. The number of benzene rings is 3. The molecule has 0 aromatic heterocycles. The van der Waals surface area contributed by atoms with Crippen molar-refractivity contribution in [1.82, 2.24) is 4.90 Å². The molecule has 1 N–H and O–H groups in total. The number of fused-ring (bicyclic) bond motifs is 1. The van der Waals surface area contributed by atoms with Gasteiger partial charge in [-0.1, -0.05) is 54.6 Å². The molecular formula is C21H17N3O3. The largest absolute Gasteiger partial charge is 0.361 e. The van der Waals surface area contributed by atoms with Gasteiger partial charge >= 0.3 is 0 Å². The van der Waals surface area contributed by atoms with Gasteiger partial charge in [0.2, 0.25) is 0 Å². The van der Waals surface area contributed by atoms with Crippen LogP contribution in [0, 0.1) is 10.1 Å². The van der Waals surface area contributed by atoms with Crippen LogP contribution in [0.5, 0.6) is 0 Å². The predicted molar refractivity (Wildman–Crippen MR) is 102 cm³/mol. The zero-order chi connectivity index (χ0) is 18.8. The van der Waals surface area contributed by atoms with Gasteiger partial charge < -0.3 is 10.2 Å². The van der Waals surface area contributed by atoms with E-state index in [0.29, 0.717) is 17.7 Å². The van der Waals surface area contributed by atoms with Crippen molar-refractivity contribution in [2.75, 3.05) is 5.32 Å². The average molecular weight is 359 g/mol. The van der Waals surface area contributed by atoms with Crippen LogP contribution in [0.1, 0.15) is 27.7 Å². The Morgan fingerprint density at radius 2 is 1.70 bits per heavy atom. The molecule has 27 heavy (non-hydrogen) atoms. The van der Waals surface area contributed by atoms with Gasteiger partial charge in [-0.2, -0.15) is 0 Å². The minimum Gasteiger partial charge on any atom is -0.361 e. The second-order valence-corrected chi connectivity index (χ2v) is 6.36. The maximum Gasteiger partial charge on any atom is 0.269 e. The molecule has 1 aliphatic rings. The van der Waals surface area contributed by atoms with Crippen LogP contribution >= 0.6 is 0 Å². The van der Waals surface area contributed by atoms with E-state index in [1.54, 1.807) is 23.1 Å². The van der Waals surface area contributed by atoms with Gasteiger partial charge in [-0.25, -0.2) is 0 Å². The fourth-order valence-corrected chi connectivity index (χ4v) is 3.31. The van der Waals surface area contributed by atoms with E-state index >= 15 is 0 Å². The second-order valence-electron chi connectivity index (χ2n) is 6.36. The minimum absolute atomic E-state index is 0.000249. The van der Waals surface area contributed by atoms with Crippen molar-refractivity contribution in [3.63, 3.8) is 0 Å². The molecule has 4 rings (SSSR count). The normalized spacial score (nSPS) is 15.8. The van der Waals surface area contributed by atoms with Gasteiger partial charge in [0, 0.05) is 29.9 Å². The Balaban J connectivity index is 1.78. The topological polar surface area (TPSA) is 75.5 Å². The predicted octanol–water partition coefficient (Wildman–Crippen LogP) is 4.36. The zero-order valence-corrected chi connectivity index (χ0v) is 14.4. The molecule has 3 aromatic rings. The first-order chi connectivity index (χ1) is 13.1. The maximum atomic E-state index is 13.2. The Hall–Kier alpha value is -3.67. The fraction of sp³-hybridized carbons (Fsp3) is 0.0952. The van der Waals surface area contributed by atoms with Gasteiger partial charge in [-0.15, -0.1) is 0 Å². The molecule has 1 heterocycles. The number of nitro benzene ring substituents is 1. The van der Waals surface area contributed by atoms with E-state index in [9.17, 15) is 14.9 Å². The number of hydrogen-bond acceptors (Lipinski definition) is 4. The van der Waals surface area contributed by atoms with Crippen molar-refractivity contribution in [3.05, 3.63) is 106 Å². The molecule has 3 aromatic carbocycles. The first-order valence-corrected chi connectivity index (χ1v) is 8.58. The van der Waals surface area contributed by atoms with Crippen LogP contribution in [-0.4, -0.2) is 15.7 Å². The number of hydrogen-bond donors (Lipinski definition) is 1. The van der Waals surface area contributed by atoms with Crippen molar-refractivity contribution < 1.29 is 9.72 Å². The van der Waals surface area contributed by atoms with Crippen molar-refractivity contribution in [2.45, 2.75) is 12.7 Å². The van der Waals surface area contributed by atoms with Crippen LogP contribution in [0.15, 0.2) is 78.9 Å². The lowest BCUT2D eigenvalue weighted by molar-refractivity contribution is -0.384. The number of nitrogens with zero attached hydrogens (tertiary/aromatic N) is 2. The Kier molecular flexibility index (Phi) is 4.30. The summed E-state index contributed by atoms with van der Waals surface area (Å²) >= 11 is 0. The van der Waals surface area contributed by atoms with Gasteiger partial charge in [0.05, 0.1) is 10.5 Å². The van der Waals surface area contributed by atoms with Gasteiger partial charge in [-0.3, -0.25) is 14.9 Å². The number of nitrogens with one attached hydrogen (secondary N) is 1. The number of carbonyl (C=O) groups is 1. The smallest absolute Gasteiger partial charge is 0.269 e. The van der Waals surface area contributed by atoms with Gasteiger partial charge in [0.15, 0.2) is 0 Å². The molecule has 0 unspecified atom stereocenters. The van der Waals surface area contributed by atoms with Crippen LogP contribution in [0.4, 0.5) is 11.4 Å². The zero-order valence-electron chi connectivity index (χ0n) is 14.4. The highest BCUT2D eigenvalue weighted by molar-refractivity contribution is 6.01. The number of para-hydroxylation sites is 1. The molecule has 0 saturated heterocycles. The van der Waals surface area contributed by atoms with E-state index in [2.05, 4.69) is 5.32 Å². The van der Waals surface area contributed by atoms with Crippen LogP contribution in [-0.2, 0) is 6.54 Å². The monoisotopic (exact) mass is 359 g/mol. The summed E-state index contributed by atoms with van der Waals surface area (Å²) in [5.41, 5.74) is 2.98. The molecule has 0 bridgehead atoms. The number of rotatable bonds is 4. The Bertz CT molecular complexity index is 1000. The summed E-state index contributed by atoms with van der Waals surface area (Å²) in [6.07, 6.45) is -0.493. The molecule has 0 radical (unpaired) electrons. The third-order valence-corrected chi connectivity index (χ3v) is 4.61. The van der Waals surface area contributed by atoms with Gasteiger partial charge in [0.1, 0.15) is 6.17 Å². The summed E-state index contributed by atoms with van der Waals surface area (Å²) in [6, 6.07) is 23.4. The third kappa shape index (κ3) is 3.25. The molecule has 0 spiro atoms. The summed E-state index contributed by atoms with van der Waals surface area (Å²) < 4.78 is 0. The van der Waals surface area contributed by atoms with Crippen molar-refractivity contribution in [3.8, 4) is 0 Å². The standard InChI is InChI=1S/C21H17N3O3/c25-21-18-11-4-5-12-19(18)22-20(16-9-6-10-17(13-16)24(26)27)23(21)14-15-7-2-1-3-8-15/h1-13,20,22H,14H2/t20-/m1/s1. The summed E-state index contributed by atoms with van der Waals surface area (Å²) in [4.78, 5) is 25.6. The van der Waals surface area contributed by atoms with Gasteiger partial charge in [0.25, 0.3) is 11.6 Å².